The lowest BCUT2D eigenvalue weighted by Gasteiger charge is -2.06. The van der Waals surface area contributed by atoms with Gasteiger partial charge in [0.2, 0.25) is 0 Å². The minimum absolute atomic E-state index is 0.0202. The summed E-state index contributed by atoms with van der Waals surface area (Å²) in [6.45, 7) is 0. The van der Waals surface area contributed by atoms with Gasteiger partial charge in [0.1, 0.15) is 11.6 Å². The summed E-state index contributed by atoms with van der Waals surface area (Å²) in [5, 5.41) is 0. The van der Waals surface area contributed by atoms with E-state index in [2.05, 4.69) is 0 Å². The molecule has 1 aromatic heterocycles. The van der Waals surface area contributed by atoms with Crippen LogP contribution < -0.4 is 11.3 Å². The topological polar surface area (TPSA) is 48.0 Å². The van der Waals surface area contributed by atoms with Crippen molar-refractivity contribution in [3.05, 3.63) is 58.5 Å². The Bertz CT molecular complexity index is 593. The van der Waals surface area contributed by atoms with E-state index in [1.165, 1.54) is 12.1 Å². The number of hydrogen-bond donors (Lipinski definition) is 1. The van der Waals surface area contributed by atoms with Gasteiger partial charge in [-0.05, 0) is 18.2 Å². The van der Waals surface area contributed by atoms with Gasteiger partial charge < -0.3 is 5.73 Å². The quantitative estimate of drug-likeness (QED) is 0.746. The molecule has 0 radical (unpaired) electrons. The van der Waals surface area contributed by atoms with Gasteiger partial charge in [-0.25, -0.2) is 8.78 Å². The number of anilines is 1. The van der Waals surface area contributed by atoms with Crippen LogP contribution in [-0.4, -0.2) is 4.57 Å². The monoisotopic (exact) mass is 222 g/mol. The van der Waals surface area contributed by atoms with Crippen molar-refractivity contribution in [1.82, 2.24) is 4.57 Å². The maximum absolute atomic E-state index is 13.2. The van der Waals surface area contributed by atoms with Gasteiger partial charge in [-0.3, -0.25) is 9.36 Å². The smallest absolute Gasteiger partial charge is 0.255 e. The number of nitrogens with two attached hydrogens (primary N) is 1. The van der Waals surface area contributed by atoms with E-state index in [1.54, 1.807) is 0 Å². The van der Waals surface area contributed by atoms with E-state index in [1.807, 2.05) is 0 Å². The van der Waals surface area contributed by atoms with Crippen LogP contribution in [-0.2, 0) is 0 Å². The van der Waals surface area contributed by atoms with Crippen LogP contribution in [0.4, 0.5) is 14.5 Å². The van der Waals surface area contributed by atoms with Crippen molar-refractivity contribution in [3.63, 3.8) is 0 Å². The normalized spacial score (nSPS) is 10.4. The summed E-state index contributed by atoms with van der Waals surface area (Å²) in [5.41, 5.74) is 5.07. The van der Waals surface area contributed by atoms with Gasteiger partial charge in [-0.1, -0.05) is 0 Å². The van der Waals surface area contributed by atoms with Crippen molar-refractivity contribution in [1.29, 1.82) is 0 Å². The van der Waals surface area contributed by atoms with E-state index in [0.717, 1.165) is 29.0 Å². The molecule has 0 fully saturated rings. The van der Waals surface area contributed by atoms with Crippen LogP contribution in [0, 0.1) is 11.6 Å². The summed E-state index contributed by atoms with van der Waals surface area (Å²) in [6, 6.07) is 5.97. The molecule has 0 atom stereocenters. The van der Waals surface area contributed by atoms with E-state index in [0.29, 0.717) is 0 Å². The molecule has 2 N–H and O–H groups in total. The van der Waals surface area contributed by atoms with E-state index >= 15 is 0 Å². The van der Waals surface area contributed by atoms with Crippen LogP contribution in [0.5, 0.6) is 0 Å². The zero-order valence-electron chi connectivity index (χ0n) is 8.15. The molecule has 16 heavy (non-hydrogen) atoms. The molecule has 1 aromatic carbocycles. The third-order valence-corrected chi connectivity index (χ3v) is 2.14. The van der Waals surface area contributed by atoms with Gasteiger partial charge in [-0.15, -0.1) is 0 Å². The molecule has 0 aliphatic carbocycles. The fraction of sp³-hybridized carbons (Fsp3) is 0. The number of aromatic nitrogens is 1. The number of nitrogens with zero attached hydrogens (tertiary/aromatic N) is 1. The Hall–Kier alpha value is -2.17. The highest BCUT2D eigenvalue weighted by atomic mass is 19.1. The number of rotatable bonds is 1. The standard InChI is InChI=1S/C11H8F2N2O/c12-7-1-4-11(16)15(6-7)8-2-3-10(14)9(13)5-8/h1-6H,14H2. The van der Waals surface area contributed by atoms with Crippen LogP contribution in [0.1, 0.15) is 0 Å². The van der Waals surface area contributed by atoms with Crippen molar-refractivity contribution in [3.8, 4) is 5.69 Å². The third kappa shape index (κ3) is 1.79. The van der Waals surface area contributed by atoms with Crippen LogP contribution in [0.25, 0.3) is 5.69 Å². The molecule has 3 nitrogen and oxygen atoms in total. The maximum atomic E-state index is 13.2. The molecule has 0 unspecified atom stereocenters. The minimum atomic E-state index is -0.645. The minimum Gasteiger partial charge on any atom is -0.396 e. The highest BCUT2D eigenvalue weighted by Crippen LogP contribution is 2.14. The first-order chi connectivity index (χ1) is 7.58. The molecule has 0 saturated carbocycles. The van der Waals surface area contributed by atoms with Crippen LogP contribution in [0.15, 0.2) is 41.3 Å². The fourth-order valence-corrected chi connectivity index (χ4v) is 1.33. The highest BCUT2D eigenvalue weighted by Gasteiger charge is 2.04. The van der Waals surface area contributed by atoms with Gasteiger partial charge in [0.05, 0.1) is 11.4 Å². The number of hydrogen-bond acceptors (Lipinski definition) is 2. The molecule has 0 spiro atoms. The Balaban J connectivity index is 2.63. The van der Waals surface area contributed by atoms with Crippen molar-refractivity contribution in [2.24, 2.45) is 0 Å². The van der Waals surface area contributed by atoms with Crippen molar-refractivity contribution < 1.29 is 8.78 Å². The number of nitrogen functional groups attached to an aromatic ring is 1. The molecule has 0 saturated heterocycles. The average molecular weight is 222 g/mol. The summed E-state index contributed by atoms with van der Waals surface area (Å²) in [7, 11) is 0. The molecule has 0 amide bonds. The second-order valence-corrected chi connectivity index (χ2v) is 3.26. The van der Waals surface area contributed by atoms with E-state index in [9.17, 15) is 13.6 Å². The number of pyridine rings is 1. The molecular formula is C11H8F2N2O. The van der Waals surface area contributed by atoms with Gasteiger partial charge in [0.25, 0.3) is 5.56 Å². The Labute approximate surface area is 89.8 Å². The largest absolute Gasteiger partial charge is 0.396 e. The second kappa shape index (κ2) is 3.77. The van der Waals surface area contributed by atoms with Gasteiger partial charge in [-0.2, -0.15) is 0 Å². The number of halogens is 2. The molecule has 0 bridgehead atoms. The fourth-order valence-electron chi connectivity index (χ4n) is 1.33. The molecule has 5 heteroatoms. The highest BCUT2D eigenvalue weighted by molar-refractivity contribution is 5.46. The van der Waals surface area contributed by atoms with Gasteiger partial charge in [0, 0.05) is 18.3 Å². The zero-order chi connectivity index (χ0) is 11.7. The Morgan fingerprint density at radius 1 is 1.12 bits per heavy atom. The average Bonchev–Trinajstić information content (AvgIpc) is 2.26. The molecular weight excluding hydrogens is 214 g/mol. The number of benzene rings is 1. The van der Waals surface area contributed by atoms with Gasteiger partial charge >= 0.3 is 0 Å². The first-order valence-electron chi connectivity index (χ1n) is 4.51. The molecule has 82 valence electrons. The van der Waals surface area contributed by atoms with E-state index in [4.69, 9.17) is 5.73 Å². The van der Waals surface area contributed by atoms with Gasteiger partial charge in [0.15, 0.2) is 0 Å². The summed E-state index contributed by atoms with van der Waals surface area (Å²) in [5.74, 6) is -1.22. The molecule has 1 heterocycles. The third-order valence-electron chi connectivity index (χ3n) is 2.14. The molecule has 2 rings (SSSR count). The van der Waals surface area contributed by atoms with E-state index < -0.39 is 17.2 Å². The maximum Gasteiger partial charge on any atom is 0.255 e. The van der Waals surface area contributed by atoms with E-state index in [-0.39, 0.29) is 11.4 Å². The molecule has 2 aromatic rings. The Morgan fingerprint density at radius 3 is 2.56 bits per heavy atom. The SMILES string of the molecule is Nc1ccc(-n2cc(F)ccc2=O)cc1F. The first kappa shape index (κ1) is 10.4. The Morgan fingerprint density at radius 2 is 1.88 bits per heavy atom. The lowest BCUT2D eigenvalue weighted by atomic mass is 10.2. The predicted octanol–water partition coefficient (Wildman–Crippen LogP) is 1.70. The molecule has 0 aliphatic rings. The lowest BCUT2D eigenvalue weighted by molar-refractivity contribution is 0.610. The summed E-state index contributed by atoms with van der Waals surface area (Å²) < 4.78 is 27.1. The van der Waals surface area contributed by atoms with Crippen molar-refractivity contribution >= 4 is 5.69 Å². The molecule has 0 aliphatic heterocycles. The lowest BCUT2D eigenvalue weighted by Crippen LogP contribution is -2.17. The van der Waals surface area contributed by atoms with Crippen LogP contribution in [0.3, 0.4) is 0 Å². The second-order valence-electron chi connectivity index (χ2n) is 3.26. The zero-order valence-corrected chi connectivity index (χ0v) is 8.15. The first-order valence-corrected chi connectivity index (χ1v) is 4.51. The summed E-state index contributed by atoms with van der Waals surface area (Å²) in [6.07, 6.45) is 0.993. The summed E-state index contributed by atoms with van der Waals surface area (Å²) in [4.78, 5) is 11.4. The van der Waals surface area contributed by atoms with Crippen LogP contribution in [0.2, 0.25) is 0 Å². The van der Waals surface area contributed by atoms with Crippen molar-refractivity contribution in [2.45, 2.75) is 0 Å². The predicted molar refractivity (Wildman–Crippen MR) is 56.4 cm³/mol. The van der Waals surface area contributed by atoms with Crippen molar-refractivity contribution in [2.75, 3.05) is 5.73 Å². The Kier molecular flexibility index (Phi) is 2.44. The summed E-state index contributed by atoms with van der Waals surface area (Å²) >= 11 is 0. The van der Waals surface area contributed by atoms with Crippen LogP contribution >= 0.6 is 0 Å².